The molecule has 0 saturated carbocycles. The van der Waals surface area contributed by atoms with E-state index >= 15 is 0 Å². The summed E-state index contributed by atoms with van der Waals surface area (Å²) >= 11 is 0. The van der Waals surface area contributed by atoms with Gasteiger partial charge in [-0.3, -0.25) is 9.10 Å². The number of rotatable bonds is 4. The third-order valence-electron chi connectivity index (χ3n) is 4.15. The molecular formula is C15H23N3O3S. The molecule has 0 aliphatic carbocycles. The fourth-order valence-electron chi connectivity index (χ4n) is 2.52. The normalized spacial score (nSPS) is 18.3. The first-order chi connectivity index (χ1) is 10.3. The van der Waals surface area contributed by atoms with Crippen LogP contribution in [0.2, 0.25) is 0 Å². The van der Waals surface area contributed by atoms with Crippen LogP contribution in [0.4, 0.5) is 5.69 Å². The highest BCUT2D eigenvalue weighted by atomic mass is 32.2. The average molecular weight is 325 g/mol. The fraction of sp³-hybridized carbons (Fsp3) is 0.533. The standard InChI is InChI=1S/C15H23N3O3S/c1-11-9-13(18-7-4-8-22(18,20)21)5-6-14(11)15(19)17(3)12(2)10-16/h5-6,9,12H,4,7-8,10,16H2,1-3H3. The third-order valence-corrected chi connectivity index (χ3v) is 6.02. The summed E-state index contributed by atoms with van der Waals surface area (Å²) in [7, 11) is -1.48. The lowest BCUT2D eigenvalue weighted by atomic mass is 10.1. The summed E-state index contributed by atoms with van der Waals surface area (Å²) in [5.41, 5.74) is 7.56. The molecule has 1 atom stereocenters. The molecule has 2 rings (SSSR count). The highest BCUT2D eigenvalue weighted by molar-refractivity contribution is 7.93. The largest absolute Gasteiger partial charge is 0.338 e. The number of carbonyl (C=O) groups excluding carboxylic acids is 1. The Labute approximate surface area is 131 Å². The summed E-state index contributed by atoms with van der Waals surface area (Å²) in [5, 5.41) is 0. The molecule has 1 heterocycles. The molecule has 1 fully saturated rings. The van der Waals surface area contributed by atoms with Gasteiger partial charge >= 0.3 is 0 Å². The van der Waals surface area contributed by atoms with Crippen molar-refractivity contribution < 1.29 is 13.2 Å². The lowest BCUT2D eigenvalue weighted by molar-refractivity contribution is 0.0747. The minimum absolute atomic E-state index is 0.0504. The number of carbonyl (C=O) groups is 1. The SMILES string of the molecule is Cc1cc(N2CCCS2(=O)=O)ccc1C(=O)N(C)C(C)CN. The van der Waals surface area contributed by atoms with E-state index in [0.717, 1.165) is 5.56 Å². The van der Waals surface area contributed by atoms with Crippen LogP contribution in [-0.4, -0.2) is 51.2 Å². The monoisotopic (exact) mass is 325 g/mol. The van der Waals surface area contributed by atoms with Crippen LogP contribution in [0.1, 0.15) is 29.3 Å². The highest BCUT2D eigenvalue weighted by Gasteiger charge is 2.29. The molecule has 0 radical (unpaired) electrons. The van der Waals surface area contributed by atoms with E-state index in [0.29, 0.717) is 30.8 Å². The summed E-state index contributed by atoms with van der Waals surface area (Å²) in [6.07, 6.45) is 0.638. The maximum absolute atomic E-state index is 12.5. The Hall–Kier alpha value is -1.60. The molecule has 7 heteroatoms. The first kappa shape index (κ1) is 16.8. The maximum atomic E-state index is 12.5. The molecule has 0 aromatic heterocycles. The first-order valence-electron chi connectivity index (χ1n) is 7.36. The maximum Gasteiger partial charge on any atom is 0.254 e. The van der Waals surface area contributed by atoms with Crippen molar-refractivity contribution in [3.05, 3.63) is 29.3 Å². The van der Waals surface area contributed by atoms with Crippen molar-refractivity contribution >= 4 is 21.6 Å². The highest BCUT2D eigenvalue weighted by Crippen LogP contribution is 2.26. The van der Waals surface area contributed by atoms with Crippen LogP contribution in [0.25, 0.3) is 0 Å². The minimum Gasteiger partial charge on any atom is -0.338 e. The molecule has 0 spiro atoms. The number of nitrogens with two attached hydrogens (primary N) is 1. The summed E-state index contributed by atoms with van der Waals surface area (Å²) in [4.78, 5) is 14.1. The van der Waals surface area contributed by atoms with Gasteiger partial charge in [0.05, 0.1) is 11.4 Å². The van der Waals surface area contributed by atoms with Gasteiger partial charge in [-0.1, -0.05) is 0 Å². The number of hydrogen-bond acceptors (Lipinski definition) is 4. The number of anilines is 1. The van der Waals surface area contributed by atoms with E-state index in [9.17, 15) is 13.2 Å². The Morgan fingerprint density at radius 3 is 2.64 bits per heavy atom. The molecule has 1 aliphatic heterocycles. The van der Waals surface area contributed by atoms with Gasteiger partial charge in [0, 0.05) is 31.7 Å². The molecule has 0 bridgehead atoms. The Morgan fingerprint density at radius 2 is 2.14 bits per heavy atom. The molecule has 1 aromatic rings. The van der Waals surface area contributed by atoms with Gasteiger partial charge in [-0.2, -0.15) is 0 Å². The van der Waals surface area contributed by atoms with E-state index in [1.165, 1.54) is 4.31 Å². The molecule has 2 N–H and O–H groups in total. The molecule has 1 aliphatic rings. The third kappa shape index (κ3) is 3.10. The van der Waals surface area contributed by atoms with Crippen molar-refractivity contribution in [2.45, 2.75) is 26.3 Å². The minimum atomic E-state index is -3.20. The number of hydrogen-bond donors (Lipinski definition) is 1. The zero-order chi connectivity index (χ0) is 16.5. The predicted molar refractivity (Wildman–Crippen MR) is 87.5 cm³/mol. The Bertz CT molecular complexity index is 673. The van der Waals surface area contributed by atoms with Gasteiger partial charge in [-0.05, 0) is 44.0 Å². The second-order valence-corrected chi connectivity index (χ2v) is 7.75. The van der Waals surface area contributed by atoms with Crippen molar-refractivity contribution in [2.75, 3.05) is 30.2 Å². The van der Waals surface area contributed by atoms with Crippen molar-refractivity contribution in [3.8, 4) is 0 Å². The van der Waals surface area contributed by atoms with Gasteiger partial charge < -0.3 is 10.6 Å². The van der Waals surface area contributed by atoms with Gasteiger partial charge in [-0.15, -0.1) is 0 Å². The average Bonchev–Trinajstić information content (AvgIpc) is 2.84. The number of nitrogens with zero attached hydrogens (tertiary/aromatic N) is 2. The van der Waals surface area contributed by atoms with Gasteiger partial charge in [0.15, 0.2) is 0 Å². The molecule has 22 heavy (non-hydrogen) atoms. The van der Waals surface area contributed by atoms with Gasteiger partial charge in [0.25, 0.3) is 5.91 Å². The van der Waals surface area contributed by atoms with E-state index < -0.39 is 10.0 Å². The van der Waals surface area contributed by atoms with Crippen molar-refractivity contribution in [1.82, 2.24) is 4.90 Å². The van der Waals surface area contributed by atoms with Crippen LogP contribution >= 0.6 is 0 Å². The zero-order valence-electron chi connectivity index (χ0n) is 13.2. The van der Waals surface area contributed by atoms with Crippen molar-refractivity contribution in [1.29, 1.82) is 0 Å². The smallest absolute Gasteiger partial charge is 0.254 e. The zero-order valence-corrected chi connectivity index (χ0v) is 14.1. The van der Waals surface area contributed by atoms with Gasteiger partial charge in [0.1, 0.15) is 0 Å². The first-order valence-corrected chi connectivity index (χ1v) is 8.97. The lowest BCUT2D eigenvalue weighted by Crippen LogP contribution is -2.40. The van der Waals surface area contributed by atoms with Crippen LogP contribution in [0, 0.1) is 6.92 Å². The Kier molecular flexibility index (Phi) is 4.77. The van der Waals surface area contributed by atoms with Crippen LogP contribution in [-0.2, 0) is 10.0 Å². The second kappa shape index (κ2) is 6.26. The van der Waals surface area contributed by atoms with Crippen molar-refractivity contribution in [2.24, 2.45) is 5.73 Å². The topological polar surface area (TPSA) is 83.7 Å². The van der Waals surface area contributed by atoms with Crippen LogP contribution < -0.4 is 10.0 Å². The number of amides is 1. The van der Waals surface area contributed by atoms with E-state index in [-0.39, 0.29) is 17.7 Å². The van der Waals surface area contributed by atoms with Crippen LogP contribution in [0.15, 0.2) is 18.2 Å². The van der Waals surface area contributed by atoms with Crippen molar-refractivity contribution in [3.63, 3.8) is 0 Å². The molecule has 6 nitrogen and oxygen atoms in total. The van der Waals surface area contributed by atoms with Gasteiger partial charge in [-0.25, -0.2) is 8.42 Å². The van der Waals surface area contributed by atoms with E-state index in [4.69, 9.17) is 5.73 Å². The molecule has 1 unspecified atom stereocenters. The fourth-order valence-corrected chi connectivity index (χ4v) is 4.08. The Balaban J connectivity index is 2.29. The number of sulfonamides is 1. The van der Waals surface area contributed by atoms with E-state index in [1.54, 1.807) is 30.1 Å². The molecule has 1 amide bonds. The summed E-state index contributed by atoms with van der Waals surface area (Å²) in [6.45, 7) is 4.60. The molecular weight excluding hydrogens is 302 g/mol. The summed E-state index contributed by atoms with van der Waals surface area (Å²) in [5.74, 6) is 0.0787. The predicted octanol–water partition coefficient (Wildman–Crippen LogP) is 0.954. The second-order valence-electron chi connectivity index (χ2n) is 5.74. The summed E-state index contributed by atoms with van der Waals surface area (Å²) in [6, 6.07) is 5.10. The molecule has 1 aromatic carbocycles. The van der Waals surface area contributed by atoms with Gasteiger partial charge in [0.2, 0.25) is 10.0 Å². The van der Waals surface area contributed by atoms with Crippen LogP contribution in [0.3, 0.4) is 0 Å². The summed E-state index contributed by atoms with van der Waals surface area (Å²) < 4.78 is 25.3. The number of benzene rings is 1. The molecule has 122 valence electrons. The number of aryl methyl sites for hydroxylation is 1. The Morgan fingerprint density at radius 1 is 1.45 bits per heavy atom. The van der Waals surface area contributed by atoms with E-state index in [1.807, 2.05) is 13.8 Å². The quantitative estimate of drug-likeness (QED) is 0.893. The molecule has 1 saturated heterocycles. The van der Waals surface area contributed by atoms with Crippen LogP contribution in [0.5, 0.6) is 0 Å². The van der Waals surface area contributed by atoms with E-state index in [2.05, 4.69) is 0 Å². The number of likely N-dealkylation sites (N-methyl/N-ethyl adjacent to an activating group) is 1. The lowest BCUT2D eigenvalue weighted by Gasteiger charge is -2.25.